The highest BCUT2D eigenvalue weighted by Crippen LogP contribution is 2.23. The molecule has 1 aromatic carbocycles. The lowest BCUT2D eigenvalue weighted by Crippen LogP contribution is -2.32. The molecule has 0 heterocycles. The minimum absolute atomic E-state index is 0.134. The van der Waals surface area contributed by atoms with E-state index in [-0.39, 0.29) is 6.61 Å². The van der Waals surface area contributed by atoms with Gasteiger partial charge in [-0.15, -0.1) is 0 Å². The molecule has 2 nitrogen and oxygen atoms in total. The van der Waals surface area contributed by atoms with E-state index in [4.69, 9.17) is 5.11 Å². The molecule has 1 fully saturated rings. The zero-order valence-electron chi connectivity index (χ0n) is 10.7. The normalized spacial score (nSPS) is 24.8. The van der Waals surface area contributed by atoms with Crippen LogP contribution in [0.3, 0.4) is 0 Å². The molecule has 2 N–H and O–H groups in total. The van der Waals surface area contributed by atoms with E-state index in [9.17, 15) is 0 Å². The van der Waals surface area contributed by atoms with Crippen LogP contribution in [0.25, 0.3) is 0 Å². The summed E-state index contributed by atoms with van der Waals surface area (Å²) in [7, 11) is 0. The second-order valence-corrected chi connectivity index (χ2v) is 5.32. The van der Waals surface area contributed by atoms with E-state index >= 15 is 0 Å². The van der Waals surface area contributed by atoms with Crippen LogP contribution in [0.1, 0.15) is 43.7 Å². The summed E-state index contributed by atoms with van der Waals surface area (Å²) in [6.45, 7) is 3.41. The van der Waals surface area contributed by atoms with Crippen LogP contribution in [-0.4, -0.2) is 11.1 Å². The fourth-order valence-corrected chi connectivity index (χ4v) is 2.56. The summed E-state index contributed by atoms with van der Waals surface area (Å²) >= 11 is 0. The topological polar surface area (TPSA) is 32.3 Å². The molecule has 0 amide bonds. The maximum Gasteiger partial charge on any atom is 0.0681 e. The summed E-state index contributed by atoms with van der Waals surface area (Å²) in [5.74, 6) is 0.908. The third kappa shape index (κ3) is 3.83. The molecule has 1 aliphatic rings. The first-order valence-electron chi connectivity index (χ1n) is 6.70. The molecule has 17 heavy (non-hydrogen) atoms. The van der Waals surface area contributed by atoms with E-state index in [1.54, 1.807) is 0 Å². The number of nitrogens with one attached hydrogen (secondary N) is 1. The molecule has 0 bridgehead atoms. The van der Waals surface area contributed by atoms with Gasteiger partial charge in [0.1, 0.15) is 0 Å². The Morgan fingerprint density at radius 3 is 2.59 bits per heavy atom. The minimum Gasteiger partial charge on any atom is -0.392 e. The van der Waals surface area contributed by atoms with Crippen molar-refractivity contribution in [3.05, 3.63) is 35.4 Å². The van der Waals surface area contributed by atoms with Crippen molar-refractivity contribution in [2.75, 3.05) is 0 Å². The highest BCUT2D eigenvalue weighted by molar-refractivity contribution is 5.22. The number of aliphatic hydroxyl groups is 1. The van der Waals surface area contributed by atoms with Crippen LogP contribution in [0.4, 0.5) is 0 Å². The van der Waals surface area contributed by atoms with Crippen molar-refractivity contribution in [3.63, 3.8) is 0 Å². The first kappa shape index (κ1) is 12.6. The molecule has 0 atom stereocenters. The number of hydrogen-bond acceptors (Lipinski definition) is 2. The maximum absolute atomic E-state index is 9.09. The lowest BCUT2D eigenvalue weighted by Gasteiger charge is -2.27. The third-order valence-corrected chi connectivity index (χ3v) is 3.78. The van der Waals surface area contributed by atoms with Crippen molar-refractivity contribution in [2.24, 2.45) is 5.92 Å². The predicted molar refractivity (Wildman–Crippen MR) is 70.6 cm³/mol. The van der Waals surface area contributed by atoms with Crippen molar-refractivity contribution < 1.29 is 5.11 Å². The highest BCUT2D eigenvalue weighted by Gasteiger charge is 2.17. The van der Waals surface area contributed by atoms with Gasteiger partial charge in [-0.05, 0) is 42.7 Å². The van der Waals surface area contributed by atoms with Gasteiger partial charge in [-0.2, -0.15) is 0 Å². The Hall–Kier alpha value is -0.860. The molecule has 0 radical (unpaired) electrons. The fourth-order valence-electron chi connectivity index (χ4n) is 2.56. The van der Waals surface area contributed by atoms with Crippen LogP contribution in [0.15, 0.2) is 24.3 Å². The molecule has 94 valence electrons. The Labute approximate surface area is 104 Å². The molecule has 0 spiro atoms. The van der Waals surface area contributed by atoms with Crippen LogP contribution in [0.5, 0.6) is 0 Å². The van der Waals surface area contributed by atoms with Crippen LogP contribution in [0, 0.1) is 5.92 Å². The van der Waals surface area contributed by atoms with E-state index in [2.05, 4.69) is 24.4 Å². The highest BCUT2D eigenvalue weighted by atomic mass is 16.3. The van der Waals surface area contributed by atoms with Crippen molar-refractivity contribution in [1.82, 2.24) is 5.32 Å². The summed E-state index contributed by atoms with van der Waals surface area (Å²) in [6.07, 6.45) is 5.32. The van der Waals surface area contributed by atoms with Gasteiger partial charge in [0, 0.05) is 12.6 Å². The zero-order chi connectivity index (χ0) is 12.1. The molecule has 0 unspecified atom stereocenters. The van der Waals surface area contributed by atoms with E-state index in [0.717, 1.165) is 18.0 Å². The van der Waals surface area contributed by atoms with Gasteiger partial charge in [0.2, 0.25) is 0 Å². The summed E-state index contributed by atoms with van der Waals surface area (Å²) < 4.78 is 0. The van der Waals surface area contributed by atoms with Gasteiger partial charge in [-0.3, -0.25) is 0 Å². The molecule has 2 rings (SSSR count). The third-order valence-electron chi connectivity index (χ3n) is 3.78. The Bertz CT molecular complexity index is 343. The zero-order valence-corrected chi connectivity index (χ0v) is 10.7. The minimum atomic E-state index is 0.134. The smallest absolute Gasteiger partial charge is 0.0681 e. The summed E-state index contributed by atoms with van der Waals surface area (Å²) in [4.78, 5) is 0. The van der Waals surface area contributed by atoms with Gasteiger partial charge in [-0.1, -0.05) is 31.2 Å². The van der Waals surface area contributed by atoms with Crippen LogP contribution < -0.4 is 5.32 Å². The quantitative estimate of drug-likeness (QED) is 0.838. The van der Waals surface area contributed by atoms with Gasteiger partial charge in [0.15, 0.2) is 0 Å². The molecule has 0 aromatic heterocycles. The van der Waals surface area contributed by atoms with Gasteiger partial charge in [0.05, 0.1) is 6.61 Å². The largest absolute Gasteiger partial charge is 0.392 e. The predicted octanol–water partition coefficient (Wildman–Crippen LogP) is 2.85. The van der Waals surface area contributed by atoms with Gasteiger partial charge in [0.25, 0.3) is 0 Å². The van der Waals surface area contributed by atoms with Crippen LogP contribution in [0.2, 0.25) is 0 Å². The van der Waals surface area contributed by atoms with Crippen LogP contribution in [-0.2, 0) is 13.2 Å². The van der Waals surface area contributed by atoms with Crippen molar-refractivity contribution in [3.8, 4) is 0 Å². The van der Waals surface area contributed by atoms with Crippen molar-refractivity contribution >= 4 is 0 Å². The first-order chi connectivity index (χ1) is 8.28. The van der Waals surface area contributed by atoms with Crippen molar-refractivity contribution in [1.29, 1.82) is 0 Å². The van der Waals surface area contributed by atoms with E-state index in [0.29, 0.717) is 6.04 Å². The lowest BCUT2D eigenvalue weighted by atomic mass is 9.87. The maximum atomic E-state index is 9.09. The Balaban J connectivity index is 1.81. The number of aliphatic hydroxyl groups excluding tert-OH is 1. The SMILES string of the molecule is CC1CCC(NCc2cccc(CO)c2)CC1. The van der Waals surface area contributed by atoms with Gasteiger partial charge in [-0.25, -0.2) is 0 Å². The molecular formula is C15H23NO. The summed E-state index contributed by atoms with van der Waals surface area (Å²) in [5, 5.41) is 12.7. The van der Waals surface area contributed by atoms with Crippen molar-refractivity contribution in [2.45, 2.75) is 51.8 Å². The standard InChI is InChI=1S/C15H23NO/c1-12-5-7-15(8-6-12)16-10-13-3-2-4-14(9-13)11-17/h2-4,9,12,15-17H,5-8,10-11H2,1H3. The van der Waals surface area contributed by atoms with E-state index in [1.165, 1.54) is 31.2 Å². The Kier molecular flexibility index (Phi) is 4.57. The Morgan fingerprint density at radius 1 is 1.18 bits per heavy atom. The molecule has 1 aromatic rings. The number of benzene rings is 1. The lowest BCUT2D eigenvalue weighted by molar-refractivity contribution is 0.281. The van der Waals surface area contributed by atoms with Gasteiger partial charge < -0.3 is 10.4 Å². The number of rotatable bonds is 4. The second-order valence-electron chi connectivity index (χ2n) is 5.32. The van der Waals surface area contributed by atoms with Crippen LogP contribution >= 0.6 is 0 Å². The average Bonchev–Trinajstić information content (AvgIpc) is 2.38. The fraction of sp³-hybridized carbons (Fsp3) is 0.600. The monoisotopic (exact) mass is 233 g/mol. The summed E-state index contributed by atoms with van der Waals surface area (Å²) in [6, 6.07) is 8.87. The molecule has 1 aliphatic carbocycles. The molecule has 0 aliphatic heterocycles. The average molecular weight is 233 g/mol. The summed E-state index contributed by atoms with van der Waals surface area (Å²) in [5.41, 5.74) is 2.27. The van der Waals surface area contributed by atoms with Gasteiger partial charge >= 0.3 is 0 Å². The molecule has 0 saturated heterocycles. The first-order valence-corrected chi connectivity index (χ1v) is 6.70. The number of hydrogen-bond donors (Lipinski definition) is 2. The molecule has 1 saturated carbocycles. The van der Waals surface area contributed by atoms with E-state index in [1.807, 2.05) is 12.1 Å². The molecular weight excluding hydrogens is 210 g/mol. The second kappa shape index (κ2) is 6.18. The molecule has 2 heteroatoms. The van der Waals surface area contributed by atoms with E-state index < -0.39 is 0 Å². The Morgan fingerprint density at radius 2 is 1.88 bits per heavy atom.